The smallest absolute Gasteiger partial charge is 0.0950 e. The second-order valence-electron chi connectivity index (χ2n) is 5.68. The molecule has 1 aliphatic carbocycles. The molecule has 1 saturated carbocycles. The largest absolute Gasteiger partial charge is 0.376 e. The van der Waals surface area contributed by atoms with E-state index in [4.69, 9.17) is 10.6 Å². The maximum absolute atomic E-state index is 5.89. The van der Waals surface area contributed by atoms with Gasteiger partial charge in [-0.2, -0.15) is 0 Å². The summed E-state index contributed by atoms with van der Waals surface area (Å²) in [4.78, 5) is 4.49. The van der Waals surface area contributed by atoms with Crippen molar-refractivity contribution < 1.29 is 4.74 Å². The van der Waals surface area contributed by atoms with Crippen LogP contribution in [0.2, 0.25) is 0 Å². The van der Waals surface area contributed by atoms with E-state index >= 15 is 0 Å². The van der Waals surface area contributed by atoms with Gasteiger partial charge in [-0.15, -0.1) is 0 Å². The molecule has 1 aromatic rings. The van der Waals surface area contributed by atoms with Crippen molar-refractivity contribution in [1.82, 2.24) is 15.0 Å². The molecule has 1 fully saturated rings. The predicted molar refractivity (Wildman–Crippen MR) is 75.3 cm³/mol. The SMILES string of the molecule is CCn1cnc(C(NN)C2(OC)CCC(C)CC2)c1. The number of hydrogen-bond donors (Lipinski definition) is 2. The van der Waals surface area contributed by atoms with Crippen LogP contribution in [0, 0.1) is 5.92 Å². The summed E-state index contributed by atoms with van der Waals surface area (Å²) in [5, 5.41) is 0. The minimum absolute atomic E-state index is 0.0437. The fourth-order valence-corrected chi connectivity index (χ4v) is 3.07. The zero-order valence-electron chi connectivity index (χ0n) is 12.2. The lowest BCUT2D eigenvalue weighted by Gasteiger charge is -2.43. The lowest BCUT2D eigenvalue weighted by molar-refractivity contribution is -0.0770. The lowest BCUT2D eigenvalue weighted by atomic mass is 9.74. The summed E-state index contributed by atoms with van der Waals surface area (Å²) in [6, 6.07) is -0.0437. The predicted octanol–water partition coefficient (Wildman–Crippen LogP) is 2.00. The van der Waals surface area contributed by atoms with Crippen LogP contribution >= 0.6 is 0 Å². The molecule has 3 N–H and O–H groups in total. The Bertz CT molecular complexity index is 396. The van der Waals surface area contributed by atoms with Crippen LogP contribution in [-0.2, 0) is 11.3 Å². The molecule has 0 saturated heterocycles. The molecule has 0 radical (unpaired) electrons. The van der Waals surface area contributed by atoms with Crippen LogP contribution in [0.5, 0.6) is 0 Å². The maximum Gasteiger partial charge on any atom is 0.0950 e. The Morgan fingerprint density at radius 1 is 1.58 bits per heavy atom. The van der Waals surface area contributed by atoms with Gasteiger partial charge in [-0.1, -0.05) is 6.92 Å². The molecule has 2 rings (SSSR count). The Morgan fingerprint density at radius 3 is 2.74 bits per heavy atom. The minimum Gasteiger partial charge on any atom is -0.376 e. The molecule has 1 heterocycles. The number of nitrogens with zero attached hydrogens (tertiary/aromatic N) is 2. The van der Waals surface area contributed by atoms with Crippen molar-refractivity contribution in [2.45, 2.75) is 57.7 Å². The van der Waals surface area contributed by atoms with Crippen molar-refractivity contribution in [1.29, 1.82) is 0 Å². The highest BCUT2D eigenvalue weighted by molar-refractivity contribution is 5.12. The summed E-state index contributed by atoms with van der Waals surface area (Å²) in [6.07, 6.45) is 8.33. The van der Waals surface area contributed by atoms with Crippen LogP contribution in [0.3, 0.4) is 0 Å². The molecule has 19 heavy (non-hydrogen) atoms. The first-order chi connectivity index (χ1) is 9.15. The van der Waals surface area contributed by atoms with Crippen molar-refractivity contribution in [3.05, 3.63) is 18.2 Å². The Balaban J connectivity index is 2.23. The van der Waals surface area contributed by atoms with Gasteiger partial charge in [-0.3, -0.25) is 5.84 Å². The molecule has 5 nitrogen and oxygen atoms in total. The average molecular weight is 266 g/mol. The van der Waals surface area contributed by atoms with Crippen molar-refractivity contribution in [3.63, 3.8) is 0 Å². The Hall–Kier alpha value is -0.910. The summed E-state index contributed by atoms with van der Waals surface area (Å²) >= 11 is 0. The van der Waals surface area contributed by atoms with E-state index in [1.807, 2.05) is 6.33 Å². The summed E-state index contributed by atoms with van der Waals surface area (Å²) < 4.78 is 7.95. The fourth-order valence-electron chi connectivity index (χ4n) is 3.07. The third kappa shape index (κ3) is 2.83. The summed E-state index contributed by atoms with van der Waals surface area (Å²) in [5.74, 6) is 6.58. The van der Waals surface area contributed by atoms with Crippen LogP contribution in [0.15, 0.2) is 12.5 Å². The number of aryl methyl sites for hydroxylation is 1. The second-order valence-corrected chi connectivity index (χ2v) is 5.68. The van der Waals surface area contributed by atoms with Gasteiger partial charge in [0, 0.05) is 19.9 Å². The number of nitrogens with two attached hydrogens (primary N) is 1. The van der Waals surface area contributed by atoms with Gasteiger partial charge in [0.05, 0.1) is 23.7 Å². The van der Waals surface area contributed by atoms with Crippen molar-refractivity contribution in [2.75, 3.05) is 7.11 Å². The molecule has 0 spiro atoms. The number of aromatic nitrogens is 2. The van der Waals surface area contributed by atoms with Crippen LogP contribution < -0.4 is 11.3 Å². The second kappa shape index (κ2) is 6.03. The van der Waals surface area contributed by atoms with Gasteiger partial charge in [0.1, 0.15) is 0 Å². The minimum atomic E-state index is -0.228. The first-order valence-electron chi connectivity index (χ1n) is 7.18. The van der Waals surface area contributed by atoms with E-state index in [0.29, 0.717) is 0 Å². The van der Waals surface area contributed by atoms with Crippen molar-refractivity contribution in [2.24, 2.45) is 11.8 Å². The first-order valence-corrected chi connectivity index (χ1v) is 7.18. The molecule has 108 valence electrons. The van der Waals surface area contributed by atoms with E-state index in [1.165, 1.54) is 12.8 Å². The van der Waals surface area contributed by atoms with Gasteiger partial charge in [0.15, 0.2) is 0 Å². The number of hydrogen-bond acceptors (Lipinski definition) is 4. The number of methoxy groups -OCH3 is 1. The Morgan fingerprint density at radius 2 is 2.26 bits per heavy atom. The molecule has 5 heteroatoms. The summed E-state index contributed by atoms with van der Waals surface area (Å²) in [5.41, 5.74) is 3.68. The number of imidazole rings is 1. The zero-order chi connectivity index (χ0) is 13.9. The first kappa shape index (κ1) is 14.5. The van der Waals surface area contributed by atoms with Crippen LogP contribution in [0.1, 0.15) is 51.3 Å². The monoisotopic (exact) mass is 266 g/mol. The highest BCUT2D eigenvalue weighted by Crippen LogP contribution is 2.42. The molecule has 1 atom stereocenters. The van der Waals surface area contributed by atoms with E-state index in [2.05, 4.69) is 35.0 Å². The van der Waals surface area contributed by atoms with Gasteiger partial charge in [-0.05, 0) is 38.5 Å². The number of hydrazine groups is 1. The van der Waals surface area contributed by atoms with Crippen molar-refractivity contribution in [3.8, 4) is 0 Å². The van der Waals surface area contributed by atoms with Crippen molar-refractivity contribution >= 4 is 0 Å². The van der Waals surface area contributed by atoms with Gasteiger partial charge in [0.2, 0.25) is 0 Å². The molecule has 1 unspecified atom stereocenters. The van der Waals surface area contributed by atoms with Gasteiger partial charge >= 0.3 is 0 Å². The Labute approximate surface area is 115 Å². The molecular formula is C14H26N4O. The molecule has 0 aliphatic heterocycles. The molecule has 1 aromatic heterocycles. The van der Waals surface area contributed by atoms with Gasteiger partial charge in [-0.25, -0.2) is 10.4 Å². The molecule has 0 amide bonds. The average Bonchev–Trinajstić information content (AvgIpc) is 2.90. The highest BCUT2D eigenvalue weighted by Gasteiger charge is 2.42. The third-order valence-corrected chi connectivity index (χ3v) is 4.53. The summed E-state index contributed by atoms with van der Waals surface area (Å²) in [6.45, 7) is 5.32. The molecule has 0 bridgehead atoms. The number of ether oxygens (including phenoxy) is 1. The molecule has 1 aliphatic rings. The fraction of sp³-hybridized carbons (Fsp3) is 0.786. The number of nitrogens with one attached hydrogen (secondary N) is 1. The van der Waals surface area contributed by atoms with E-state index in [9.17, 15) is 0 Å². The molecule has 0 aromatic carbocycles. The quantitative estimate of drug-likeness (QED) is 0.632. The number of rotatable bonds is 5. The van der Waals surface area contributed by atoms with Gasteiger partial charge < -0.3 is 9.30 Å². The Kier molecular flexibility index (Phi) is 4.60. The summed E-state index contributed by atoms with van der Waals surface area (Å²) in [7, 11) is 1.79. The van der Waals surface area contributed by atoms with E-state index in [1.54, 1.807) is 7.11 Å². The zero-order valence-corrected chi connectivity index (χ0v) is 12.2. The van der Waals surface area contributed by atoms with Gasteiger partial charge in [0.25, 0.3) is 0 Å². The normalized spacial score (nSPS) is 29.4. The molecular weight excluding hydrogens is 240 g/mol. The topological polar surface area (TPSA) is 65.1 Å². The van der Waals surface area contributed by atoms with E-state index < -0.39 is 0 Å². The lowest BCUT2D eigenvalue weighted by Crippen LogP contribution is -2.50. The van der Waals surface area contributed by atoms with Crippen LogP contribution in [-0.4, -0.2) is 22.3 Å². The maximum atomic E-state index is 5.89. The van der Waals surface area contributed by atoms with Crippen LogP contribution in [0.4, 0.5) is 0 Å². The highest BCUT2D eigenvalue weighted by atomic mass is 16.5. The third-order valence-electron chi connectivity index (χ3n) is 4.53. The van der Waals surface area contributed by atoms with E-state index in [0.717, 1.165) is 31.0 Å². The van der Waals surface area contributed by atoms with Crippen LogP contribution in [0.25, 0.3) is 0 Å². The van der Waals surface area contributed by atoms with E-state index in [-0.39, 0.29) is 11.6 Å². The standard InChI is InChI=1S/C14H26N4O/c1-4-18-9-12(16-10-18)13(17-15)14(19-3)7-5-11(2)6-8-14/h9-11,13,17H,4-8,15H2,1-3H3.